The van der Waals surface area contributed by atoms with Crippen LogP contribution in [0, 0.1) is 5.82 Å². The number of ether oxygens (including phenoxy) is 2. The van der Waals surface area contributed by atoms with E-state index < -0.39 is 36.4 Å². The molecule has 2 amide bonds. The molecular formula is C21H20F4N2O5. The van der Waals surface area contributed by atoms with Crippen LogP contribution in [0.15, 0.2) is 42.5 Å². The minimum Gasteiger partial charge on any atom is -0.508 e. The van der Waals surface area contributed by atoms with Crippen molar-refractivity contribution in [2.24, 2.45) is 0 Å². The third-order valence-corrected chi connectivity index (χ3v) is 4.72. The Hall–Kier alpha value is -3.34. The van der Waals surface area contributed by atoms with Gasteiger partial charge in [-0.05, 0) is 42.0 Å². The van der Waals surface area contributed by atoms with Crippen LogP contribution >= 0.6 is 0 Å². The third-order valence-electron chi connectivity index (χ3n) is 4.72. The molecule has 0 aromatic heterocycles. The highest BCUT2D eigenvalue weighted by Gasteiger charge is 2.34. The van der Waals surface area contributed by atoms with Gasteiger partial charge < -0.3 is 24.8 Å². The summed E-state index contributed by atoms with van der Waals surface area (Å²) in [7, 11) is 0. The van der Waals surface area contributed by atoms with Crippen molar-refractivity contribution in [3.8, 4) is 5.75 Å². The van der Waals surface area contributed by atoms with E-state index in [0.717, 1.165) is 6.07 Å². The molecule has 0 radical (unpaired) electrons. The summed E-state index contributed by atoms with van der Waals surface area (Å²) in [5.74, 6) is -1.76. The van der Waals surface area contributed by atoms with Gasteiger partial charge in [-0.3, -0.25) is 4.79 Å². The average molecular weight is 456 g/mol. The van der Waals surface area contributed by atoms with Crippen LogP contribution in [0.3, 0.4) is 0 Å². The van der Waals surface area contributed by atoms with Gasteiger partial charge in [0, 0.05) is 18.7 Å². The molecule has 7 nitrogen and oxygen atoms in total. The van der Waals surface area contributed by atoms with Crippen molar-refractivity contribution in [2.45, 2.75) is 18.9 Å². The Morgan fingerprint density at radius 1 is 1.19 bits per heavy atom. The third kappa shape index (κ3) is 6.10. The van der Waals surface area contributed by atoms with Gasteiger partial charge in [0.25, 0.3) is 5.91 Å². The number of nitrogens with zero attached hydrogens (tertiary/aromatic N) is 1. The zero-order valence-electron chi connectivity index (χ0n) is 16.7. The molecule has 0 bridgehead atoms. The fraction of sp³-hybridized carbons (Fsp3) is 0.333. The number of phenols is 1. The van der Waals surface area contributed by atoms with E-state index in [1.165, 1.54) is 29.2 Å². The average Bonchev–Trinajstić information content (AvgIpc) is 2.76. The van der Waals surface area contributed by atoms with Gasteiger partial charge in [0.15, 0.2) is 0 Å². The first-order valence-electron chi connectivity index (χ1n) is 9.59. The number of nitrogens with one attached hydrogen (secondary N) is 1. The Morgan fingerprint density at radius 2 is 1.91 bits per heavy atom. The van der Waals surface area contributed by atoms with Crippen LogP contribution in [0.5, 0.6) is 5.75 Å². The molecule has 0 saturated carbocycles. The van der Waals surface area contributed by atoms with Crippen LogP contribution in [0.4, 0.5) is 22.4 Å². The molecular weight excluding hydrogens is 436 g/mol. The maximum absolute atomic E-state index is 13.4. The summed E-state index contributed by atoms with van der Waals surface area (Å²) in [6.45, 7) is 0.145. The predicted molar refractivity (Wildman–Crippen MR) is 103 cm³/mol. The highest BCUT2D eigenvalue weighted by atomic mass is 19.4. The van der Waals surface area contributed by atoms with E-state index in [2.05, 4.69) is 5.32 Å². The van der Waals surface area contributed by atoms with Crippen molar-refractivity contribution >= 4 is 12.0 Å². The first-order valence-corrected chi connectivity index (χ1v) is 9.59. The van der Waals surface area contributed by atoms with Crippen LogP contribution < -0.4 is 5.32 Å². The molecule has 1 fully saturated rings. The molecule has 172 valence electrons. The number of hydrogen-bond donors (Lipinski definition) is 2. The molecule has 2 N–H and O–H groups in total. The van der Waals surface area contributed by atoms with Crippen molar-refractivity contribution in [1.82, 2.24) is 10.2 Å². The maximum atomic E-state index is 13.4. The number of aromatic hydroxyl groups is 1. The number of amides is 2. The normalized spacial score (nSPS) is 16.5. The summed E-state index contributed by atoms with van der Waals surface area (Å²) in [5.41, 5.74) is -1.09. The lowest BCUT2D eigenvalue weighted by Gasteiger charge is -2.32. The number of morpholine rings is 1. The molecule has 0 spiro atoms. The molecule has 1 aliphatic rings. The monoisotopic (exact) mass is 456 g/mol. The largest absolute Gasteiger partial charge is 0.508 e. The van der Waals surface area contributed by atoms with Crippen molar-refractivity contribution in [2.75, 3.05) is 26.2 Å². The van der Waals surface area contributed by atoms with Crippen molar-refractivity contribution in [3.05, 3.63) is 65.0 Å². The summed E-state index contributed by atoms with van der Waals surface area (Å²) in [4.78, 5) is 25.7. The first kappa shape index (κ1) is 23.3. The van der Waals surface area contributed by atoms with E-state index in [9.17, 15) is 32.3 Å². The van der Waals surface area contributed by atoms with E-state index in [0.29, 0.717) is 17.7 Å². The standard InChI is InChI=1S/C21H20F4N2O5/c22-18-6-1-13(9-17(18)21(23,24)25)12-32-20(30)27-7-8-31-16(11-27)10-26-19(29)14-2-4-15(28)5-3-14/h1-6,9,16,28H,7-8,10-12H2,(H,26,29). The minimum atomic E-state index is -4.86. The maximum Gasteiger partial charge on any atom is 0.419 e. The highest BCUT2D eigenvalue weighted by molar-refractivity contribution is 5.94. The summed E-state index contributed by atoms with van der Waals surface area (Å²) < 4.78 is 62.4. The molecule has 1 saturated heterocycles. The molecule has 1 atom stereocenters. The van der Waals surface area contributed by atoms with Gasteiger partial charge >= 0.3 is 12.3 Å². The molecule has 3 rings (SSSR count). The van der Waals surface area contributed by atoms with Crippen LogP contribution in [-0.2, 0) is 22.3 Å². The van der Waals surface area contributed by atoms with E-state index in [1.807, 2.05) is 0 Å². The number of carbonyl (C=O) groups excluding carboxylic acids is 2. The lowest BCUT2D eigenvalue weighted by Crippen LogP contribution is -2.49. The lowest BCUT2D eigenvalue weighted by atomic mass is 10.1. The second kappa shape index (κ2) is 9.86. The van der Waals surface area contributed by atoms with Crippen LogP contribution in [-0.4, -0.2) is 54.4 Å². The van der Waals surface area contributed by atoms with Crippen LogP contribution in [0.25, 0.3) is 0 Å². The van der Waals surface area contributed by atoms with E-state index in [-0.39, 0.29) is 43.5 Å². The van der Waals surface area contributed by atoms with Gasteiger partial charge in [0.2, 0.25) is 0 Å². The summed E-state index contributed by atoms with van der Waals surface area (Å²) >= 11 is 0. The van der Waals surface area contributed by atoms with Crippen molar-refractivity contribution in [1.29, 1.82) is 0 Å². The smallest absolute Gasteiger partial charge is 0.419 e. The van der Waals surface area contributed by atoms with Gasteiger partial charge in [0.1, 0.15) is 18.2 Å². The van der Waals surface area contributed by atoms with Crippen LogP contribution in [0.2, 0.25) is 0 Å². The van der Waals surface area contributed by atoms with Gasteiger partial charge in [0.05, 0.1) is 24.8 Å². The number of halogens is 4. The zero-order chi connectivity index (χ0) is 23.3. The highest BCUT2D eigenvalue weighted by Crippen LogP contribution is 2.32. The number of alkyl halides is 3. The van der Waals surface area contributed by atoms with Gasteiger partial charge in [-0.15, -0.1) is 0 Å². The number of rotatable bonds is 5. The Balaban J connectivity index is 1.50. The number of benzene rings is 2. The Bertz CT molecular complexity index is 966. The summed E-state index contributed by atoms with van der Waals surface area (Å²) in [5, 5.41) is 11.9. The Morgan fingerprint density at radius 3 is 2.59 bits per heavy atom. The van der Waals surface area contributed by atoms with Crippen molar-refractivity contribution < 1.29 is 41.7 Å². The molecule has 2 aromatic carbocycles. The SMILES string of the molecule is O=C(NCC1CN(C(=O)OCc2ccc(F)c(C(F)(F)F)c2)CCO1)c1ccc(O)cc1. The van der Waals surface area contributed by atoms with Gasteiger partial charge in [-0.2, -0.15) is 13.2 Å². The summed E-state index contributed by atoms with van der Waals surface area (Å²) in [6, 6.07) is 8.05. The number of phenolic OH excluding ortho intramolecular Hbond substituents is 1. The van der Waals surface area contributed by atoms with Gasteiger partial charge in [-0.1, -0.05) is 6.07 Å². The Labute approximate surface area is 180 Å². The quantitative estimate of drug-likeness (QED) is 0.674. The molecule has 0 aliphatic carbocycles. The fourth-order valence-corrected chi connectivity index (χ4v) is 3.05. The van der Waals surface area contributed by atoms with Crippen LogP contribution in [0.1, 0.15) is 21.5 Å². The molecule has 11 heteroatoms. The predicted octanol–water partition coefficient (Wildman–Crippen LogP) is 3.32. The molecule has 2 aromatic rings. The minimum absolute atomic E-state index is 0.00181. The van der Waals surface area contributed by atoms with Crippen molar-refractivity contribution in [3.63, 3.8) is 0 Å². The molecule has 1 aliphatic heterocycles. The fourth-order valence-electron chi connectivity index (χ4n) is 3.05. The first-order chi connectivity index (χ1) is 15.1. The second-order valence-electron chi connectivity index (χ2n) is 7.06. The molecule has 32 heavy (non-hydrogen) atoms. The lowest BCUT2D eigenvalue weighted by molar-refractivity contribution is -0.140. The van der Waals surface area contributed by atoms with E-state index in [1.54, 1.807) is 0 Å². The van der Waals surface area contributed by atoms with E-state index in [4.69, 9.17) is 9.47 Å². The second-order valence-corrected chi connectivity index (χ2v) is 7.06. The van der Waals surface area contributed by atoms with E-state index >= 15 is 0 Å². The zero-order valence-corrected chi connectivity index (χ0v) is 16.7. The summed E-state index contributed by atoms with van der Waals surface area (Å²) in [6.07, 6.45) is -6.13. The molecule has 1 unspecified atom stereocenters. The topological polar surface area (TPSA) is 88.1 Å². The Kier molecular flexibility index (Phi) is 7.18. The van der Waals surface area contributed by atoms with Gasteiger partial charge in [-0.25, -0.2) is 9.18 Å². The number of carbonyl (C=O) groups is 2. The molecule has 1 heterocycles. The number of hydrogen-bond acceptors (Lipinski definition) is 5.